The van der Waals surface area contributed by atoms with E-state index in [0.717, 1.165) is 18.8 Å². The molecule has 2 atom stereocenters. The van der Waals surface area contributed by atoms with Gasteiger partial charge in [-0.2, -0.15) is 0 Å². The molecule has 1 fully saturated rings. The summed E-state index contributed by atoms with van der Waals surface area (Å²) >= 11 is 0. The maximum atomic E-state index is 10.1. The molecule has 0 spiro atoms. The number of ether oxygens (including phenoxy) is 1. The third kappa shape index (κ3) is 8.80. The standard InChI is InChI=1S/C18H37NO2/c1-4-6-8-16(7-5-2)19-13-17(20)14-21-18-11-9-15(3)10-12-18/h15-20H,4-14H2,1-3H3. The van der Waals surface area contributed by atoms with Gasteiger partial charge in [0.2, 0.25) is 0 Å². The second kappa shape index (κ2) is 11.4. The lowest BCUT2D eigenvalue weighted by Gasteiger charge is -2.27. The van der Waals surface area contributed by atoms with Crippen molar-refractivity contribution in [2.45, 2.75) is 96.8 Å². The Bertz CT molecular complexity index is 239. The van der Waals surface area contributed by atoms with Gasteiger partial charge in [-0.25, -0.2) is 0 Å². The Kier molecular flexibility index (Phi) is 10.3. The molecule has 0 heterocycles. The van der Waals surface area contributed by atoms with Crippen LogP contribution < -0.4 is 5.32 Å². The molecule has 0 radical (unpaired) electrons. The summed E-state index contributed by atoms with van der Waals surface area (Å²) in [5, 5.41) is 13.6. The van der Waals surface area contributed by atoms with Crippen molar-refractivity contribution >= 4 is 0 Å². The SMILES string of the molecule is CCCCC(CCC)NCC(O)COC1CCC(C)CC1. The highest BCUT2D eigenvalue weighted by Gasteiger charge is 2.19. The van der Waals surface area contributed by atoms with E-state index in [2.05, 4.69) is 26.1 Å². The van der Waals surface area contributed by atoms with Gasteiger partial charge in [-0.05, 0) is 44.4 Å². The molecular weight excluding hydrogens is 262 g/mol. The van der Waals surface area contributed by atoms with Crippen LogP contribution in [0.15, 0.2) is 0 Å². The lowest BCUT2D eigenvalue weighted by atomic mass is 9.89. The first kappa shape index (κ1) is 18.9. The van der Waals surface area contributed by atoms with E-state index in [4.69, 9.17) is 4.74 Å². The average Bonchev–Trinajstić information content (AvgIpc) is 2.49. The molecule has 0 aromatic carbocycles. The van der Waals surface area contributed by atoms with Gasteiger partial charge < -0.3 is 15.2 Å². The molecule has 0 bridgehead atoms. The minimum atomic E-state index is -0.370. The van der Waals surface area contributed by atoms with E-state index in [-0.39, 0.29) is 6.10 Å². The van der Waals surface area contributed by atoms with Crippen molar-refractivity contribution < 1.29 is 9.84 Å². The van der Waals surface area contributed by atoms with Gasteiger partial charge in [0, 0.05) is 12.6 Å². The van der Waals surface area contributed by atoms with Crippen LogP contribution in [-0.2, 0) is 4.74 Å². The van der Waals surface area contributed by atoms with Gasteiger partial charge in [-0.3, -0.25) is 0 Å². The van der Waals surface area contributed by atoms with Crippen LogP contribution in [0.2, 0.25) is 0 Å². The molecular formula is C18H37NO2. The normalized spacial score (nSPS) is 25.7. The highest BCUT2D eigenvalue weighted by Crippen LogP contribution is 2.25. The number of aliphatic hydroxyl groups excluding tert-OH is 1. The number of unbranched alkanes of at least 4 members (excludes halogenated alkanes) is 1. The Morgan fingerprint density at radius 3 is 2.43 bits per heavy atom. The molecule has 0 aromatic rings. The van der Waals surface area contributed by atoms with E-state index in [1.54, 1.807) is 0 Å². The second-order valence-electron chi connectivity index (χ2n) is 6.91. The van der Waals surface area contributed by atoms with Crippen molar-refractivity contribution in [1.82, 2.24) is 5.32 Å². The fourth-order valence-electron chi connectivity index (χ4n) is 3.15. The Balaban J connectivity index is 2.12. The maximum Gasteiger partial charge on any atom is 0.0897 e. The molecule has 0 aromatic heterocycles. The van der Waals surface area contributed by atoms with Crippen molar-refractivity contribution in [3.63, 3.8) is 0 Å². The number of hydrogen-bond donors (Lipinski definition) is 2. The number of nitrogens with one attached hydrogen (secondary N) is 1. The van der Waals surface area contributed by atoms with E-state index in [1.807, 2.05) is 0 Å². The van der Waals surface area contributed by atoms with Crippen LogP contribution in [0.1, 0.15) is 78.6 Å². The Hall–Kier alpha value is -0.120. The van der Waals surface area contributed by atoms with Crippen molar-refractivity contribution in [1.29, 1.82) is 0 Å². The third-order valence-electron chi connectivity index (χ3n) is 4.67. The molecule has 3 heteroatoms. The molecule has 2 unspecified atom stereocenters. The van der Waals surface area contributed by atoms with Crippen molar-refractivity contribution in [2.75, 3.05) is 13.2 Å². The average molecular weight is 299 g/mol. The van der Waals surface area contributed by atoms with Crippen LogP contribution in [0.4, 0.5) is 0 Å². The van der Waals surface area contributed by atoms with Gasteiger partial charge in [0.15, 0.2) is 0 Å². The fourth-order valence-corrected chi connectivity index (χ4v) is 3.15. The fraction of sp³-hybridized carbons (Fsp3) is 1.00. The summed E-state index contributed by atoms with van der Waals surface area (Å²) in [6.45, 7) is 7.93. The lowest BCUT2D eigenvalue weighted by Crippen LogP contribution is -2.38. The molecule has 21 heavy (non-hydrogen) atoms. The van der Waals surface area contributed by atoms with Crippen molar-refractivity contribution in [3.05, 3.63) is 0 Å². The monoisotopic (exact) mass is 299 g/mol. The topological polar surface area (TPSA) is 41.5 Å². The van der Waals surface area contributed by atoms with Gasteiger partial charge in [-0.15, -0.1) is 0 Å². The predicted molar refractivity (Wildman–Crippen MR) is 89.6 cm³/mol. The van der Waals surface area contributed by atoms with Crippen molar-refractivity contribution in [3.8, 4) is 0 Å². The molecule has 1 saturated carbocycles. The number of rotatable bonds is 11. The first-order valence-corrected chi connectivity index (χ1v) is 9.18. The first-order chi connectivity index (χ1) is 10.2. The summed E-state index contributed by atoms with van der Waals surface area (Å²) < 4.78 is 5.88. The summed E-state index contributed by atoms with van der Waals surface area (Å²) in [5.41, 5.74) is 0. The molecule has 126 valence electrons. The smallest absolute Gasteiger partial charge is 0.0897 e. The van der Waals surface area contributed by atoms with Crippen LogP contribution in [-0.4, -0.2) is 36.5 Å². The predicted octanol–water partition coefficient (Wildman–Crippen LogP) is 3.89. The minimum Gasteiger partial charge on any atom is -0.389 e. The van der Waals surface area contributed by atoms with E-state index < -0.39 is 0 Å². The Morgan fingerprint density at radius 1 is 1.10 bits per heavy atom. The maximum absolute atomic E-state index is 10.1. The summed E-state index contributed by atoms with van der Waals surface area (Å²) in [6.07, 6.45) is 11.0. The number of hydrogen-bond acceptors (Lipinski definition) is 3. The zero-order valence-corrected chi connectivity index (χ0v) is 14.4. The Labute approximate surface area is 131 Å². The highest BCUT2D eigenvalue weighted by molar-refractivity contribution is 4.72. The van der Waals surface area contributed by atoms with E-state index in [1.165, 1.54) is 44.9 Å². The van der Waals surface area contributed by atoms with Gasteiger partial charge in [0.05, 0.1) is 18.8 Å². The summed E-state index contributed by atoms with van der Waals surface area (Å²) in [5.74, 6) is 0.852. The van der Waals surface area contributed by atoms with E-state index in [0.29, 0.717) is 25.3 Å². The summed E-state index contributed by atoms with van der Waals surface area (Å²) in [4.78, 5) is 0. The zero-order chi connectivity index (χ0) is 15.5. The molecule has 1 aliphatic carbocycles. The van der Waals surface area contributed by atoms with Gasteiger partial charge in [0.25, 0.3) is 0 Å². The van der Waals surface area contributed by atoms with Crippen molar-refractivity contribution in [2.24, 2.45) is 5.92 Å². The van der Waals surface area contributed by atoms with Crippen LogP contribution in [0, 0.1) is 5.92 Å². The summed E-state index contributed by atoms with van der Waals surface area (Å²) in [7, 11) is 0. The van der Waals surface area contributed by atoms with Crippen LogP contribution in [0.3, 0.4) is 0 Å². The van der Waals surface area contributed by atoms with Gasteiger partial charge >= 0.3 is 0 Å². The molecule has 1 rings (SSSR count). The largest absolute Gasteiger partial charge is 0.389 e. The highest BCUT2D eigenvalue weighted by atomic mass is 16.5. The zero-order valence-electron chi connectivity index (χ0n) is 14.4. The minimum absolute atomic E-state index is 0.370. The van der Waals surface area contributed by atoms with E-state index in [9.17, 15) is 5.11 Å². The van der Waals surface area contributed by atoms with Gasteiger partial charge in [-0.1, -0.05) is 40.0 Å². The molecule has 0 aliphatic heterocycles. The molecule has 0 saturated heterocycles. The van der Waals surface area contributed by atoms with Crippen LogP contribution >= 0.6 is 0 Å². The summed E-state index contributed by atoms with van der Waals surface area (Å²) in [6, 6.07) is 0.556. The second-order valence-corrected chi connectivity index (χ2v) is 6.91. The van der Waals surface area contributed by atoms with Crippen LogP contribution in [0.25, 0.3) is 0 Å². The molecule has 2 N–H and O–H groups in total. The quantitative estimate of drug-likeness (QED) is 0.608. The molecule has 1 aliphatic rings. The van der Waals surface area contributed by atoms with Gasteiger partial charge in [0.1, 0.15) is 0 Å². The van der Waals surface area contributed by atoms with Crippen LogP contribution in [0.5, 0.6) is 0 Å². The molecule has 3 nitrogen and oxygen atoms in total. The first-order valence-electron chi connectivity index (χ1n) is 9.18. The van der Waals surface area contributed by atoms with E-state index >= 15 is 0 Å². The number of aliphatic hydroxyl groups is 1. The lowest BCUT2D eigenvalue weighted by molar-refractivity contribution is -0.0285. The molecule has 0 amide bonds. The third-order valence-corrected chi connectivity index (χ3v) is 4.67. The Morgan fingerprint density at radius 2 is 1.81 bits per heavy atom.